The van der Waals surface area contributed by atoms with Crippen LogP contribution in [-0.2, 0) is 11.2 Å². The summed E-state index contributed by atoms with van der Waals surface area (Å²) in [6.07, 6.45) is 0.917. The van der Waals surface area contributed by atoms with Crippen LogP contribution in [0.25, 0.3) is 0 Å². The van der Waals surface area contributed by atoms with Crippen LogP contribution >= 0.6 is 11.3 Å². The van der Waals surface area contributed by atoms with Crippen molar-refractivity contribution in [2.24, 2.45) is 0 Å². The monoisotopic (exact) mass is 307 g/mol. The number of amides is 1. The molecule has 0 atom stereocenters. The molecule has 0 saturated carbocycles. The van der Waals surface area contributed by atoms with Crippen LogP contribution < -0.4 is 11.1 Å². The van der Waals surface area contributed by atoms with E-state index in [0.29, 0.717) is 5.69 Å². The predicted octanol–water partition coefficient (Wildman–Crippen LogP) is 2.58. The van der Waals surface area contributed by atoms with Gasteiger partial charge < -0.3 is 11.1 Å². The van der Waals surface area contributed by atoms with Gasteiger partial charge in [0.15, 0.2) is 0 Å². The Morgan fingerprint density at radius 1 is 1.43 bits per heavy atom. The Labute approximate surface area is 127 Å². The number of benzene rings is 1. The third kappa shape index (κ3) is 4.84. The van der Waals surface area contributed by atoms with E-state index in [1.165, 1.54) is 23.1 Å². The molecule has 2 aromatic rings. The van der Waals surface area contributed by atoms with E-state index in [4.69, 9.17) is 5.73 Å². The van der Waals surface area contributed by atoms with Crippen LogP contribution in [0.1, 0.15) is 4.88 Å². The first-order valence-electron chi connectivity index (χ1n) is 6.60. The Morgan fingerprint density at radius 3 is 2.90 bits per heavy atom. The summed E-state index contributed by atoms with van der Waals surface area (Å²) in [6, 6.07) is 8.03. The molecule has 0 bridgehead atoms. The number of hydrogen-bond donors (Lipinski definition) is 2. The van der Waals surface area contributed by atoms with Gasteiger partial charge in [0.2, 0.25) is 5.91 Å². The molecule has 4 nitrogen and oxygen atoms in total. The van der Waals surface area contributed by atoms with E-state index in [9.17, 15) is 9.18 Å². The van der Waals surface area contributed by atoms with Crippen LogP contribution in [0.15, 0.2) is 35.7 Å². The Hall–Kier alpha value is -1.92. The summed E-state index contributed by atoms with van der Waals surface area (Å²) >= 11 is 1.71. The lowest BCUT2D eigenvalue weighted by Crippen LogP contribution is -2.31. The molecule has 21 heavy (non-hydrogen) atoms. The van der Waals surface area contributed by atoms with Gasteiger partial charge in [-0.15, -0.1) is 11.3 Å². The average molecular weight is 307 g/mol. The Morgan fingerprint density at radius 2 is 2.24 bits per heavy atom. The summed E-state index contributed by atoms with van der Waals surface area (Å²) in [5, 5.41) is 4.73. The lowest BCUT2D eigenvalue weighted by molar-refractivity contribution is -0.117. The van der Waals surface area contributed by atoms with Crippen molar-refractivity contribution in [2.45, 2.75) is 6.42 Å². The highest BCUT2D eigenvalue weighted by Crippen LogP contribution is 2.18. The van der Waals surface area contributed by atoms with Crippen LogP contribution in [-0.4, -0.2) is 30.9 Å². The second-order valence-electron chi connectivity index (χ2n) is 4.85. The van der Waals surface area contributed by atoms with Crippen LogP contribution in [0.3, 0.4) is 0 Å². The van der Waals surface area contributed by atoms with Crippen molar-refractivity contribution < 1.29 is 9.18 Å². The second-order valence-corrected chi connectivity index (χ2v) is 5.88. The van der Waals surface area contributed by atoms with Gasteiger partial charge in [-0.2, -0.15) is 0 Å². The minimum absolute atomic E-state index is 0.165. The van der Waals surface area contributed by atoms with E-state index in [1.54, 1.807) is 11.3 Å². The van der Waals surface area contributed by atoms with Gasteiger partial charge in [0.1, 0.15) is 5.82 Å². The molecule has 0 unspecified atom stereocenters. The summed E-state index contributed by atoms with van der Waals surface area (Å²) < 4.78 is 12.9. The summed E-state index contributed by atoms with van der Waals surface area (Å²) in [5.41, 5.74) is 6.32. The van der Waals surface area contributed by atoms with E-state index in [2.05, 4.69) is 11.4 Å². The number of nitrogens with one attached hydrogen (secondary N) is 1. The molecule has 0 aliphatic rings. The first-order valence-corrected chi connectivity index (χ1v) is 7.48. The van der Waals surface area contributed by atoms with Crippen molar-refractivity contribution in [3.8, 4) is 0 Å². The maximum atomic E-state index is 12.9. The molecule has 2 rings (SSSR count). The molecule has 1 aromatic heterocycles. The highest BCUT2D eigenvalue weighted by atomic mass is 32.1. The van der Waals surface area contributed by atoms with E-state index < -0.39 is 5.82 Å². The minimum atomic E-state index is -0.418. The van der Waals surface area contributed by atoms with Gasteiger partial charge in [0.25, 0.3) is 0 Å². The van der Waals surface area contributed by atoms with Crippen molar-refractivity contribution in [3.63, 3.8) is 0 Å². The number of thiophene rings is 1. The number of anilines is 2. The molecule has 112 valence electrons. The Bertz CT molecular complexity index is 601. The van der Waals surface area contributed by atoms with Gasteiger partial charge in [-0.05, 0) is 43.1 Å². The van der Waals surface area contributed by atoms with Crippen LogP contribution in [0.5, 0.6) is 0 Å². The molecule has 0 spiro atoms. The molecule has 1 aromatic carbocycles. The molecule has 0 fully saturated rings. The molecule has 0 saturated heterocycles. The fourth-order valence-electron chi connectivity index (χ4n) is 1.92. The number of halogens is 1. The topological polar surface area (TPSA) is 58.4 Å². The van der Waals surface area contributed by atoms with Crippen molar-refractivity contribution >= 4 is 28.6 Å². The smallest absolute Gasteiger partial charge is 0.238 e. The van der Waals surface area contributed by atoms with Crippen molar-refractivity contribution in [1.82, 2.24) is 4.90 Å². The van der Waals surface area contributed by atoms with Gasteiger partial charge in [-0.25, -0.2) is 4.39 Å². The average Bonchev–Trinajstić information content (AvgIpc) is 2.93. The molecule has 1 heterocycles. The maximum Gasteiger partial charge on any atom is 0.238 e. The lowest BCUT2D eigenvalue weighted by atomic mass is 10.2. The van der Waals surface area contributed by atoms with Gasteiger partial charge in [-0.3, -0.25) is 9.69 Å². The number of carbonyl (C=O) groups excluding carboxylic acids is 1. The molecule has 1 amide bonds. The summed E-state index contributed by atoms with van der Waals surface area (Å²) in [4.78, 5) is 15.2. The molecule has 0 radical (unpaired) electrons. The quantitative estimate of drug-likeness (QED) is 0.807. The number of nitrogens with zero attached hydrogens (tertiary/aromatic N) is 1. The maximum absolute atomic E-state index is 12.9. The zero-order valence-electron chi connectivity index (χ0n) is 11.8. The number of hydrogen-bond acceptors (Lipinski definition) is 4. The fraction of sp³-hybridized carbons (Fsp3) is 0.267. The highest BCUT2D eigenvalue weighted by molar-refractivity contribution is 7.09. The standard InChI is InChI=1S/C15H18FN3OS/c1-19(7-6-12-3-2-8-21-12)10-15(20)18-14-5-4-11(16)9-13(14)17/h2-5,8-9H,6-7,10,17H2,1H3,(H,18,20). The zero-order chi connectivity index (χ0) is 15.2. The fourth-order valence-corrected chi connectivity index (χ4v) is 2.62. The summed E-state index contributed by atoms with van der Waals surface area (Å²) in [5.74, 6) is -0.583. The van der Waals surface area contributed by atoms with Crippen LogP contribution in [0.4, 0.5) is 15.8 Å². The number of nitrogen functional groups attached to an aromatic ring is 1. The largest absolute Gasteiger partial charge is 0.397 e. The summed E-state index contributed by atoms with van der Waals surface area (Å²) in [6.45, 7) is 1.06. The van der Waals surface area contributed by atoms with Crippen molar-refractivity contribution in [3.05, 3.63) is 46.4 Å². The molecular weight excluding hydrogens is 289 g/mol. The SMILES string of the molecule is CN(CCc1cccs1)CC(=O)Nc1ccc(F)cc1N. The van der Waals surface area contributed by atoms with Crippen LogP contribution in [0, 0.1) is 5.82 Å². The molecule has 0 aliphatic heterocycles. The van der Waals surface area contributed by atoms with Crippen molar-refractivity contribution in [2.75, 3.05) is 31.2 Å². The minimum Gasteiger partial charge on any atom is -0.397 e. The molecular formula is C15H18FN3OS. The third-order valence-corrected chi connectivity index (χ3v) is 3.96. The zero-order valence-corrected chi connectivity index (χ0v) is 12.6. The molecule has 6 heteroatoms. The van der Waals surface area contributed by atoms with Gasteiger partial charge in [-0.1, -0.05) is 6.07 Å². The van der Waals surface area contributed by atoms with E-state index in [0.717, 1.165) is 13.0 Å². The van der Waals surface area contributed by atoms with E-state index in [-0.39, 0.29) is 18.1 Å². The van der Waals surface area contributed by atoms with Crippen molar-refractivity contribution in [1.29, 1.82) is 0 Å². The lowest BCUT2D eigenvalue weighted by Gasteiger charge is -2.16. The molecule has 0 aliphatic carbocycles. The van der Waals surface area contributed by atoms with Crippen LogP contribution in [0.2, 0.25) is 0 Å². The Kier molecular flexibility index (Phi) is 5.30. The second kappa shape index (κ2) is 7.19. The number of rotatable bonds is 6. The number of likely N-dealkylation sites (N-methyl/N-ethyl adjacent to an activating group) is 1. The highest BCUT2D eigenvalue weighted by Gasteiger charge is 2.09. The number of nitrogens with two attached hydrogens (primary N) is 1. The van der Waals surface area contributed by atoms with E-state index >= 15 is 0 Å². The molecule has 3 N–H and O–H groups in total. The third-order valence-electron chi connectivity index (χ3n) is 3.02. The Balaban J connectivity index is 1.80. The number of carbonyl (C=O) groups is 1. The van der Waals surface area contributed by atoms with E-state index in [1.807, 2.05) is 23.4 Å². The first kappa shape index (κ1) is 15.5. The predicted molar refractivity (Wildman–Crippen MR) is 85.0 cm³/mol. The van der Waals surface area contributed by atoms with Gasteiger partial charge >= 0.3 is 0 Å². The van der Waals surface area contributed by atoms with Gasteiger partial charge in [0.05, 0.1) is 17.9 Å². The first-order chi connectivity index (χ1) is 10.0. The normalized spacial score (nSPS) is 10.8. The summed E-state index contributed by atoms with van der Waals surface area (Å²) in [7, 11) is 1.89. The van der Waals surface area contributed by atoms with Gasteiger partial charge in [0, 0.05) is 11.4 Å².